The van der Waals surface area contributed by atoms with Gasteiger partial charge >= 0.3 is 0 Å². The van der Waals surface area contributed by atoms with Gasteiger partial charge in [0.05, 0.1) is 4.90 Å². The number of aliphatic hydroxyl groups is 1. The van der Waals surface area contributed by atoms with Crippen molar-refractivity contribution in [3.05, 3.63) is 22.7 Å². The predicted octanol–water partition coefficient (Wildman–Crippen LogP) is -0.645. The van der Waals surface area contributed by atoms with Gasteiger partial charge in [0.15, 0.2) is 0 Å². The van der Waals surface area contributed by atoms with Crippen LogP contribution in [0.4, 0.5) is 5.69 Å². The zero-order chi connectivity index (χ0) is 14.8. The number of hydrogen-bond donors (Lipinski definition) is 4. The minimum Gasteiger partial charge on any atom is -0.398 e. The van der Waals surface area contributed by atoms with E-state index in [-0.39, 0.29) is 15.6 Å². The Morgan fingerprint density at radius 2 is 2.11 bits per heavy atom. The average Bonchev–Trinajstić information content (AvgIpc) is 2.30. The van der Waals surface area contributed by atoms with Gasteiger partial charge in [-0.05, 0) is 24.6 Å². The highest BCUT2D eigenvalue weighted by atomic mass is 35.5. The standard InChI is InChI=1S/C10H14ClN3O4S/c1-5-7(12)2-6(11)3-9(5)19(17,18)14-4-8(15)10(13)16/h2-3,8,14-15H,4,12H2,1H3,(H2,13,16). The molecule has 0 saturated carbocycles. The molecule has 0 aliphatic rings. The van der Waals surface area contributed by atoms with Crippen molar-refractivity contribution in [3.8, 4) is 0 Å². The third kappa shape index (κ3) is 3.80. The Morgan fingerprint density at radius 1 is 1.53 bits per heavy atom. The molecule has 0 heterocycles. The molecule has 0 aromatic heterocycles. The number of primary amides is 1. The van der Waals surface area contributed by atoms with Crippen LogP contribution in [0.2, 0.25) is 5.02 Å². The van der Waals surface area contributed by atoms with E-state index in [0.717, 1.165) is 0 Å². The predicted molar refractivity (Wildman–Crippen MR) is 71.0 cm³/mol. The van der Waals surface area contributed by atoms with Gasteiger partial charge in [-0.3, -0.25) is 4.79 Å². The normalized spacial score (nSPS) is 13.2. The van der Waals surface area contributed by atoms with Gasteiger partial charge in [0.1, 0.15) is 6.10 Å². The van der Waals surface area contributed by atoms with Crippen molar-refractivity contribution in [2.45, 2.75) is 17.9 Å². The largest absolute Gasteiger partial charge is 0.398 e. The Balaban J connectivity index is 3.05. The second-order valence-corrected chi connectivity index (χ2v) is 6.06. The molecule has 0 aliphatic heterocycles. The maximum Gasteiger partial charge on any atom is 0.247 e. The van der Waals surface area contributed by atoms with E-state index in [0.29, 0.717) is 5.56 Å². The van der Waals surface area contributed by atoms with Crippen LogP contribution in [-0.2, 0) is 14.8 Å². The first-order valence-corrected chi connectivity index (χ1v) is 7.04. The number of benzene rings is 1. The summed E-state index contributed by atoms with van der Waals surface area (Å²) < 4.78 is 26.1. The van der Waals surface area contributed by atoms with Crippen LogP contribution in [0, 0.1) is 6.92 Å². The number of aliphatic hydroxyl groups excluding tert-OH is 1. The van der Waals surface area contributed by atoms with E-state index in [1.165, 1.54) is 19.1 Å². The molecule has 1 rings (SSSR count). The monoisotopic (exact) mass is 307 g/mol. The molecule has 0 radical (unpaired) electrons. The minimum absolute atomic E-state index is 0.117. The smallest absolute Gasteiger partial charge is 0.247 e. The molecule has 0 fully saturated rings. The number of sulfonamides is 1. The molecule has 0 saturated heterocycles. The van der Waals surface area contributed by atoms with Crippen LogP contribution in [0.1, 0.15) is 5.56 Å². The topological polar surface area (TPSA) is 136 Å². The van der Waals surface area contributed by atoms with E-state index in [2.05, 4.69) is 4.72 Å². The summed E-state index contributed by atoms with van der Waals surface area (Å²) in [4.78, 5) is 10.5. The fourth-order valence-electron chi connectivity index (χ4n) is 1.32. The molecular weight excluding hydrogens is 294 g/mol. The molecule has 7 nitrogen and oxygen atoms in total. The second-order valence-electron chi connectivity index (χ2n) is 3.89. The Hall–Kier alpha value is -1.35. The Morgan fingerprint density at radius 3 is 2.63 bits per heavy atom. The number of carbonyl (C=O) groups excluding carboxylic acids is 1. The van der Waals surface area contributed by atoms with Gasteiger partial charge in [0.25, 0.3) is 0 Å². The first kappa shape index (κ1) is 15.7. The molecule has 1 aromatic carbocycles. The first-order chi connectivity index (χ1) is 8.65. The van der Waals surface area contributed by atoms with E-state index in [1.807, 2.05) is 0 Å². The quantitative estimate of drug-likeness (QED) is 0.536. The van der Waals surface area contributed by atoms with Crippen LogP contribution < -0.4 is 16.2 Å². The van der Waals surface area contributed by atoms with Crippen molar-refractivity contribution >= 4 is 33.2 Å². The molecular formula is C10H14ClN3O4S. The van der Waals surface area contributed by atoms with E-state index in [9.17, 15) is 13.2 Å². The first-order valence-electron chi connectivity index (χ1n) is 5.18. The van der Waals surface area contributed by atoms with Crippen LogP contribution in [0.25, 0.3) is 0 Å². The lowest BCUT2D eigenvalue weighted by molar-refractivity contribution is -0.125. The van der Waals surface area contributed by atoms with Crippen LogP contribution in [0.5, 0.6) is 0 Å². The number of nitrogens with two attached hydrogens (primary N) is 2. The lowest BCUT2D eigenvalue weighted by Crippen LogP contribution is -2.40. The number of amides is 1. The summed E-state index contributed by atoms with van der Waals surface area (Å²) in [5, 5.41) is 9.33. The molecule has 19 heavy (non-hydrogen) atoms. The van der Waals surface area contributed by atoms with Gasteiger partial charge in [0, 0.05) is 17.3 Å². The van der Waals surface area contributed by atoms with E-state index in [4.69, 9.17) is 28.2 Å². The highest BCUT2D eigenvalue weighted by Crippen LogP contribution is 2.25. The minimum atomic E-state index is -3.95. The molecule has 0 spiro atoms. The fraction of sp³-hybridized carbons (Fsp3) is 0.300. The Labute approximate surface area is 115 Å². The van der Waals surface area contributed by atoms with Crippen molar-refractivity contribution in [1.82, 2.24) is 4.72 Å². The second kappa shape index (κ2) is 5.74. The third-order valence-corrected chi connectivity index (χ3v) is 4.22. The maximum atomic E-state index is 12.0. The van der Waals surface area contributed by atoms with Crippen molar-refractivity contribution in [2.24, 2.45) is 5.73 Å². The van der Waals surface area contributed by atoms with Gasteiger partial charge < -0.3 is 16.6 Å². The van der Waals surface area contributed by atoms with Crippen molar-refractivity contribution in [1.29, 1.82) is 0 Å². The number of rotatable bonds is 5. The number of anilines is 1. The zero-order valence-electron chi connectivity index (χ0n) is 10.1. The van der Waals surface area contributed by atoms with Crippen LogP contribution >= 0.6 is 11.6 Å². The Bertz CT molecular complexity index is 603. The summed E-state index contributed by atoms with van der Waals surface area (Å²) in [6.07, 6.45) is -1.60. The lowest BCUT2D eigenvalue weighted by Gasteiger charge is -2.13. The van der Waals surface area contributed by atoms with Gasteiger partial charge in [-0.15, -0.1) is 0 Å². The molecule has 1 atom stereocenters. The zero-order valence-corrected chi connectivity index (χ0v) is 11.6. The summed E-state index contributed by atoms with van der Waals surface area (Å²) in [5.41, 5.74) is 11.0. The number of carbonyl (C=O) groups is 1. The molecule has 0 aliphatic carbocycles. The number of nitrogen functional groups attached to an aromatic ring is 1. The van der Waals surface area contributed by atoms with Crippen LogP contribution in [-0.4, -0.2) is 32.1 Å². The number of hydrogen-bond acceptors (Lipinski definition) is 5. The van der Waals surface area contributed by atoms with E-state index in [1.54, 1.807) is 0 Å². The molecule has 1 amide bonds. The number of nitrogens with one attached hydrogen (secondary N) is 1. The molecule has 6 N–H and O–H groups in total. The highest BCUT2D eigenvalue weighted by molar-refractivity contribution is 7.89. The van der Waals surface area contributed by atoms with Crippen LogP contribution in [0.15, 0.2) is 17.0 Å². The average molecular weight is 308 g/mol. The van der Waals surface area contributed by atoms with Crippen molar-refractivity contribution in [3.63, 3.8) is 0 Å². The number of halogens is 1. The van der Waals surface area contributed by atoms with Crippen molar-refractivity contribution in [2.75, 3.05) is 12.3 Å². The third-order valence-electron chi connectivity index (χ3n) is 2.45. The van der Waals surface area contributed by atoms with E-state index >= 15 is 0 Å². The fourth-order valence-corrected chi connectivity index (χ4v) is 2.95. The SMILES string of the molecule is Cc1c(N)cc(Cl)cc1S(=O)(=O)NCC(O)C(N)=O. The summed E-state index contributed by atoms with van der Waals surface area (Å²) in [7, 11) is -3.95. The molecule has 0 bridgehead atoms. The Kier molecular flexibility index (Phi) is 4.75. The molecule has 1 unspecified atom stereocenters. The summed E-state index contributed by atoms with van der Waals surface area (Å²) in [5.74, 6) is -1.02. The van der Waals surface area contributed by atoms with Crippen LogP contribution in [0.3, 0.4) is 0 Å². The van der Waals surface area contributed by atoms with E-state index < -0.39 is 28.6 Å². The lowest BCUT2D eigenvalue weighted by atomic mass is 10.2. The highest BCUT2D eigenvalue weighted by Gasteiger charge is 2.21. The van der Waals surface area contributed by atoms with Gasteiger partial charge in [-0.25, -0.2) is 13.1 Å². The molecule has 9 heteroatoms. The summed E-state index contributed by atoms with van der Waals surface area (Å²) in [6.45, 7) is 0.994. The van der Waals surface area contributed by atoms with Gasteiger partial charge in [-0.1, -0.05) is 11.6 Å². The van der Waals surface area contributed by atoms with Crippen molar-refractivity contribution < 1.29 is 18.3 Å². The molecule has 106 valence electrons. The summed E-state index contributed by atoms with van der Waals surface area (Å²) in [6, 6.07) is 2.65. The summed E-state index contributed by atoms with van der Waals surface area (Å²) >= 11 is 5.75. The molecule has 1 aromatic rings. The van der Waals surface area contributed by atoms with Gasteiger partial charge in [0.2, 0.25) is 15.9 Å². The maximum absolute atomic E-state index is 12.0. The van der Waals surface area contributed by atoms with Gasteiger partial charge in [-0.2, -0.15) is 0 Å².